The summed E-state index contributed by atoms with van der Waals surface area (Å²) in [5.41, 5.74) is 3.20. The van der Waals surface area contributed by atoms with E-state index in [0.717, 1.165) is 16.6 Å². The number of para-hydroxylation sites is 1. The van der Waals surface area contributed by atoms with Crippen molar-refractivity contribution >= 4 is 40.3 Å². The Balaban J connectivity index is 1.65. The zero-order chi connectivity index (χ0) is 24.9. The summed E-state index contributed by atoms with van der Waals surface area (Å²) >= 11 is 5.69. The van der Waals surface area contributed by atoms with Gasteiger partial charge in [-0.05, 0) is 43.5 Å². The van der Waals surface area contributed by atoms with Gasteiger partial charge in [0.25, 0.3) is 11.8 Å². The van der Waals surface area contributed by atoms with Crippen LogP contribution in [0.25, 0.3) is 11.0 Å². The summed E-state index contributed by atoms with van der Waals surface area (Å²) in [5.74, 6) is 1.17. The molecule has 1 aromatic heterocycles. The number of rotatable bonds is 10. The molecular formula is C25H29ClN6O3. The summed E-state index contributed by atoms with van der Waals surface area (Å²) in [6.45, 7) is 3.40. The Hall–Kier alpha value is -3.59. The molecule has 1 atom stereocenters. The monoisotopic (exact) mass is 496 g/mol. The number of alkyl halides is 1. The Bertz CT molecular complexity index is 1270. The quantitative estimate of drug-likeness (QED) is 0.148. The standard InChI is InChI=1S/C25H29ClN6O3/c1-3-35-19-11-5-10-18-22(19)31-23(32(18)2)17(9-6-12-28-20(27)13-26)30-24(33)16-8-4-7-15-14-29-25(34)21(15)16/h4-5,7-8,10-11,17H,3,6,9,12-14H2,1-2H3,(H2,27,28)(H,29,34)(H,30,33)/t17-/m0/s1. The van der Waals surface area contributed by atoms with Gasteiger partial charge < -0.3 is 25.3 Å². The number of benzene rings is 2. The molecule has 1 aliphatic heterocycles. The molecule has 3 aromatic rings. The van der Waals surface area contributed by atoms with Gasteiger partial charge in [-0.15, -0.1) is 11.6 Å². The van der Waals surface area contributed by atoms with E-state index in [1.165, 1.54) is 0 Å². The van der Waals surface area contributed by atoms with Gasteiger partial charge in [0.1, 0.15) is 22.9 Å². The summed E-state index contributed by atoms with van der Waals surface area (Å²) in [7, 11) is 1.91. The fraction of sp³-hybridized carbons (Fsp3) is 0.360. The fourth-order valence-corrected chi connectivity index (χ4v) is 4.45. The molecule has 0 aliphatic carbocycles. The van der Waals surface area contributed by atoms with Crippen molar-refractivity contribution in [3.8, 4) is 5.75 Å². The summed E-state index contributed by atoms with van der Waals surface area (Å²) in [6.07, 6.45) is 1.23. The van der Waals surface area contributed by atoms with Crippen LogP contribution in [0.1, 0.15) is 57.9 Å². The van der Waals surface area contributed by atoms with Crippen molar-refractivity contribution in [1.29, 1.82) is 5.41 Å². The van der Waals surface area contributed by atoms with Crippen molar-refractivity contribution in [2.45, 2.75) is 32.4 Å². The number of nitrogens with zero attached hydrogens (tertiary/aromatic N) is 2. The van der Waals surface area contributed by atoms with Crippen molar-refractivity contribution in [1.82, 2.24) is 25.5 Å². The van der Waals surface area contributed by atoms with E-state index < -0.39 is 6.04 Å². The number of imidazole rings is 1. The molecule has 2 aromatic carbocycles. The van der Waals surface area contributed by atoms with Gasteiger partial charge in [0.15, 0.2) is 0 Å². The molecule has 0 fully saturated rings. The van der Waals surface area contributed by atoms with Crippen LogP contribution >= 0.6 is 11.6 Å². The number of hydrogen-bond acceptors (Lipinski definition) is 5. The van der Waals surface area contributed by atoms with Crippen LogP contribution in [0, 0.1) is 5.41 Å². The molecule has 4 rings (SSSR count). The molecule has 0 unspecified atom stereocenters. The maximum atomic E-state index is 13.4. The average Bonchev–Trinajstić information content (AvgIpc) is 3.41. The van der Waals surface area contributed by atoms with Gasteiger partial charge in [-0.25, -0.2) is 4.98 Å². The summed E-state index contributed by atoms with van der Waals surface area (Å²) in [6, 6.07) is 10.6. The van der Waals surface area contributed by atoms with Gasteiger partial charge in [0, 0.05) is 20.1 Å². The number of amidine groups is 1. The van der Waals surface area contributed by atoms with Gasteiger partial charge in [0.05, 0.1) is 35.2 Å². The highest BCUT2D eigenvalue weighted by Gasteiger charge is 2.28. The predicted octanol–water partition coefficient (Wildman–Crippen LogP) is 3.27. The van der Waals surface area contributed by atoms with Crippen LogP contribution in [0.2, 0.25) is 0 Å². The van der Waals surface area contributed by atoms with Crippen LogP contribution in [0.3, 0.4) is 0 Å². The highest BCUT2D eigenvalue weighted by atomic mass is 35.5. The second-order valence-electron chi connectivity index (χ2n) is 8.32. The number of carbonyl (C=O) groups excluding carboxylic acids is 2. The molecule has 9 nitrogen and oxygen atoms in total. The minimum Gasteiger partial charge on any atom is -0.492 e. The SMILES string of the molecule is CCOc1cccc2c1nc([C@H](CCCNC(=N)CCl)NC(=O)c1cccc3c1C(=O)NC3)n2C. The third kappa shape index (κ3) is 5.09. The number of nitrogens with one attached hydrogen (secondary N) is 4. The van der Waals surface area contributed by atoms with E-state index in [0.29, 0.717) is 55.2 Å². The normalized spacial score (nSPS) is 13.3. The number of aromatic nitrogens is 2. The first-order valence-electron chi connectivity index (χ1n) is 11.6. The Morgan fingerprint density at radius 2 is 2.11 bits per heavy atom. The maximum absolute atomic E-state index is 13.4. The van der Waals surface area contributed by atoms with Gasteiger partial charge in [0.2, 0.25) is 0 Å². The van der Waals surface area contributed by atoms with E-state index >= 15 is 0 Å². The van der Waals surface area contributed by atoms with Crippen LogP contribution in [0.4, 0.5) is 0 Å². The van der Waals surface area contributed by atoms with Crippen molar-refractivity contribution < 1.29 is 14.3 Å². The van der Waals surface area contributed by atoms with Crippen LogP contribution in [-0.2, 0) is 13.6 Å². The van der Waals surface area contributed by atoms with Gasteiger partial charge in [-0.2, -0.15) is 0 Å². The molecule has 35 heavy (non-hydrogen) atoms. The first-order valence-corrected chi connectivity index (χ1v) is 12.1. The van der Waals surface area contributed by atoms with Crippen LogP contribution in [0.15, 0.2) is 36.4 Å². The van der Waals surface area contributed by atoms with E-state index in [1.54, 1.807) is 12.1 Å². The molecule has 1 aliphatic rings. The lowest BCUT2D eigenvalue weighted by Gasteiger charge is -2.20. The lowest BCUT2D eigenvalue weighted by atomic mass is 10.0. The van der Waals surface area contributed by atoms with Crippen molar-refractivity contribution in [3.63, 3.8) is 0 Å². The molecule has 0 radical (unpaired) electrons. The first-order chi connectivity index (χ1) is 16.9. The molecule has 0 saturated carbocycles. The van der Waals surface area contributed by atoms with Gasteiger partial charge in [-0.1, -0.05) is 18.2 Å². The number of amides is 2. The number of aryl methyl sites for hydroxylation is 1. The smallest absolute Gasteiger partial charge is 0.252 e. The Labute approximate surface area is 208 Å². The van der Waals surface area contributed by atoms with Gasteiger partial charge >= 0.3 is 0 Å². The highest BCUT2D eigenvalue weighted by molar-refractivity contribution is 6.27. The molecule has 2 amide bonds. The highest BCUT2D eigenvalue weighted by Crippen LogP contribution is 2.29. The number of halogens is 1. The van der Waals surface area contributed by atoms with Crippen molar-refractivity contribution in [2.75, 3.05) is 19.0 Å². The lowest BCUT2D eigenvalue weighted by Crippen LogP contribution is -2.32. The largest absolute Gasteiger partial charge is 0.492 e. The minimum atomic E-state index is -0.429. The minimum absolute atomic E-state index is 0.117. The zero-order valence-corrected chi connectivity index (χ0v) is 20.5. The van der Waals surface area contributed by atoms with Crippen LogP contribution in [0.5, 0.6) is 5.75 Å². The molecule has 0 saturated heterocycles. The van der Waals surface area contributed by atoms with Crippen LogP contribution < -0.4 is 20.7 Å². The molecule has 0 spiro atoms. The molecule has 4 N–H and O–H groups in total. The molecular weight excluding hydrogens is 468 g/mol. The average molecular weight is 497 g/mol. The van der Waals surface area contributed by atoms with E-state index in [9.17, 15) is 9.59 Å². The lowest BCUT2D eigenvalue weighted by molar-refractivity contribution is 0.0912. The van der Waals surface area contributed by atoms with Crippen LogP contribution in [-0.4, -0.2) is 46.2 Å². The number of fused-ring (bicyclic) bond motifs is 2. The molecule has 0 bridgehead atoms. The Morgan fingerprint density at radius 3 is 2.89 bits per heavy atom. The summed E-state index contributed by atoms with van der Waals surface area (Å²) < 4.78 is 7.72. The van der Waals surface area contributed by atoms with Crippen molar-refractivity contribution in [3.05, 3.63) is 58.9 Å². The maximum Gasteiger partial charge on any atom is 0.252 e. The molecule has 10 heteroatoms. The zero-order valence-electron chi connectivity index (χ0n) is 19.8. The second kappa shape index (κ2) is 10.8. The predicted molar refractivity (Wildman–Crippen MR) is 135 cm³/mol. The second-order valence-corrected chi connectivity index (χ2v) is 8.58. The number of carbonyl (C=O) groups is 2. The Morgan fingerprint density at radius 1 is 1.31 bits per heavy atom. The summed E-state index contributed by atoms with van der Waals surface area (Å²) in [4.78, 5) is 30.6. The summed E-state index contributed by atoms with van der Waals surface area (Å²) in [5, 5.41) is 16.5. The van der Waals surface area contributed by atoms with Crippen molar-refractivity contribution in [2.24, 2.45) is 7.05 Å². The van der Waals surface area contributed by atoms with E-state index in [4.69, 9.17) is 26.7 Å². The van der Waals surface area contributed by atoms with E-state index in [2.05, 4.69) is 16.0 Å². The van der Waals surface area contributed by atoms with Gasteiger partial charge in [-0.3, -0.25) is 15.0 Å². The third-order valence-corrected chi connectivity index (χ3v) is 6.30. The number of ether oxygens (including phenoxy) is 1. The number of hydrogen-bond donors (Lipinski definition) is 4. The first kappa shape index (κ1) is 24.5. The van der Waals surface area contributed by atoms with E-state index in [1.807, 2.05) is 42.8 Å². The molecule has 184 valence electrons. The Kier molecular flexibility index (Phi) is 7.55. The molecule has 2 heterocycles. The topological polar surface area (TPSA) is 121 Å². The fourth-order valence-electron chi connectivity index (χ4n) is 4.35. The van der Waals surface area contributed by atoms with E-state index in [-0.39, 0.29) is 23.5 Å². The third-order valence-electron chi connectivity index (χ3n) is 6.03.